The van der Waals surface area contributed by atoms with Crippen molar-refractivity contribution in [2.75, 3.05) is 33.3 Å². The zero-order valence-electron chi connectivity index (χ0n) is 19.6. The Morgan fingerprint density at radius 3 is 2.15 bits per heavy atom. The first kappa shape index (κ1) is 24.9. The molecule has 0 bridgehead atoms. The molecule has 1 saturated carbocycles. The number of anilines is 1. The molecule has 1 fully saturated rings. The van der Waals surface area contributed by atoms with Crippen LogP contribution in [0.5, 0.6) is 23.0 Å². The summed E-state index contributed by atoms with van der Waals surface area (Å²) in [6.07, 6.45) is 5.05. The quantitative estimate of drug-likeness (QED) is 0.404. The summed E-state index contributed by atoms with van der Waals surface area (Å²) < 4.78 is 21.3. The number of benzene rings is 2. The second-order valence-electron chi connectivity index (χ2n) is 7.91. The first-order chi connectivity index (χ1) is 16.4. The van der Waals surface area contributed by atoms with Crippen molar-refractivity contribution in [1.29, 1.82) is 0 Å². The van der Waals surface area contributed by atoms with Crippen LogP contribution in [0.15, 0.2) is 36.4 Å². The summed E-state index contributed by atoms with van der Waals surface area (Å²) in [5.74, 6) is -0.122. The Morgan fingerprint density at radius 1 is 0.824 bits per heavy atom. The average Bonchev–Trinajstić information content (AvgIpc) is 2.87. The van der Waals surface area contributed by atoms with Gasteiger partial charge in [0.25, 0.3) is 11.8 Å². The van der Waals surface area contributed by atoms with Crippen LogP contribution in [0.25, 0.3) is 0 Å². The third kappa shape index (κ3) is 6.40. The summed E-state index contributed by atoms with van der Waals surface area (Å²) in [5, 5.41) is 5.53. The molecule has 2 aromatic carbocycles. The van der Waals surface area contributed by atoms with Crippen molar-refractivity contribution in [2.45, 2.75) is 38.1 Å². The van der Waals surface area contributed by atoms with E-state index in [2.05, 4.69) is 10.6 Å². The molecule has 0 spiro atoms. The molecule has 2 amide bonds. The minimum absolute atomic E-state index is 0.0406. The van der Waals surface area contributed by atoms with Gasteiger partial charge in [-0.05, 0) is 43.2 Å². The summed E-state index contributed by atoms with van der Waals surface area (Å²) in [5.41, 5.74) is 0.704. The minimum atomic E-state index is -0.637. The van der Waals surface area contributed by atoms with Crippen LogP contribution >= 0.6 is 0 Å². The van der Waals surface area contributed by atoms with Gasteiger partial charge in [0.05, 0.1) is 21.3 Å². The lowest BCUT2D eigenvalue weighted by atomic mass is 9.95. The Kier molecular flexibility index (Phi) is 8.73. The lowest BCUT2D eigenvalue weighted by molar-refractivity contribution is -0.118. The van der Waals surface area contributed by atoms with E-state index < -0.39 is 17.6 Å². The first-order valence-corrected chi connectivity index (χ1v) is 11.1. The highest BCUT2D eigenvalue weighted by Crippen LogP contribution is 2.30. The molecule has 3 rings (SSSR count). The number of hydrogen-bond donors (Lipinski definition) is 2. The van der Waals surface area contributed by atoms with Crippen molar-refractivity contribution in [3.63, 3.8) is 0 Å². The van der Waals surface area contributed by atoms with Gasteiger partial charge in [-0.3, -0.25) is 14.4 Å². The molecule has 0 atom stereocenters. The van der Waals surface area contributed by atoms with E-state index in [1.807, 2.05) is 0 Å². The molecule has 34 heavy (non-hydrogen) atoms. The molecule has 0 aliphatic heterocycles. The summed E-state index contributed by atoms with van der Waals surface area (Å²) in [4.78, 5) is 37.3. The van der Waals surface area contributed by atoms with Gasteiger partial charge in [-0.1, -0.05) is 19.3 Å². The molecule has 0 unspecified atom stereocenters. The molecule has 1 aliphatic rings. The van der Waals surface area contributed by atoms with Crippen molar-refractivity contribution in [1.82, 2.24) is 5.32 Å². The van der Waals surface area contributed by atoms with E-state index in [1.54, 1.807) is 18.2 Å². The lowest BCUT2D eigenvalue weighted by Gasteiger charge is -2.22. The minimum Gasteiger partial charge on any atom is -0.493 e. The number of Topliss-reactive ketones (excluding diaryl/α,β-unsaturated/α-hetero) is 1. The number of ether oxygens (including phenoxy) is 4. The first-order valence-electron chi connectivity index (χ1n) is 11.1. The second kappa shape index (κ2) is 11.9. The summed E-state index contributed by atoms with van der Waals surface area (Å²) in [6, 6.07) is 9.45. The van der Waals surface area contributed by atoms with E-state index in [4.69, 9.17) is 18.9 Å². The molecule has 9 nitrogen and oxygen atoms in total. The van der Waals surface area contributed by atoms with Crippen LogP contribution < -0.4 is 29.6 Å². The third-order valence-corrected chi connectivity index (χ3v) is 5.60. The standard InChI is InChI=1S/C25H30N2O7/c1-31-19-12-10-18(14-22(19)33-3)26-23(28)15-34-20-11-9-16(13-21(20)32-2)24(29)25(30)27-17-7-5-4-6-8-17/h9-14,17H,4-8,15H2,1-3H3,(H,26,28)(H,27,30). The molecular formula is C25H30N2O7. The van der Waals surface area contributed by atoms with Gasteiger partial charge in [0, 0.05) is 23.4 Å². The van der Waals surface area contributed by atoms with Crippen molar-refractivity contribution in [3.8, 4) is 23.0 Å². The maximum absolute atomic E-state index is 12.6. The van der Waals surface area contributed by atoms with Gasteiger partial charge in [0.15, 0.2) is 29.6 Å². The number of nitrogens with one attached hydrogen (secondary N) is 2. The summed E-state index contributed by atoms with van der Waals surface area (Å²) in [7, 11) is 4.45. The van der Waals surface area contributed by atoms with Crippen LogP contribution in [-0.2, 0) is 9.59 Å². The van der Waals surface area contributed by atoms with Crippen molar-refractivity contribution < 1.29 is 33.3 Å². The number of rotatable bonds is 10. The number of hydrogen-bond acceptors (Lipinski definition) is 7. The van der Waals surface area contributed by atoms with E-state index in [-0.39, 0.29) is 29.7 Å². The number of ketones is 1. The van der Waals surface area contributed by atoms with Gasteiger partial charge < -0.3 is 29.6 Å². The lowest BCUT2D eigenvalue weighted by Crippen LogP contribution is -2.40. The normalized spacial score (nSPS) is 13.5. The summed E-state index contributed by atoms with van der Waals surface area (Å²) in [6.45, 7) is -0.292. The van der Waals surface area contributed by atoms with Crippen molar-refractivity contribution >= 4 is 23.3 Å². The Hall–Kier alpha value is -3.75. The Bertz CT molecular complexity index is 1030. The van der Waals surface area contributed by atoms with Gasteiger partial charge in [0.1, 0.15) is 0 Å². The molecule has 0 saturated heterocycles. The number of carbonyl (C=O) groups excluding carboxylic acids is 3. The number of methoxy groups -OCH3 is 3. The maximum Gasteiger partial charge on any atom is 0.292 e. The van der Waals surface area contributed by atoms with E-state index in [9.17, 15) is 14.4 Å². The van der Waals surface area contributed by atoms with Gasteiger partial charge in [-0.25, -0.2) is 0 Å². The fraction of sp³-hybridized carbons (Fsp3) is 0.400. The van der Waals surface area contributed by atoms with Crippen LogP contribution in [0.1, 0.15) is 42.5 Å². The van der Waals surface area contributed by atoms with E-state index in [0.29, 0.717) is 17.2 Å². The fourth-order valence-corrected chi connectivity index (χ4v) is 3.81. The molecule has 2 aromatic rings. The van der Waals surface area contributed by atoms with Crippen LogP contribution in [-0.4, -0.2) is 51.6 Å². The number of amides is 2. The topological polar surface area (TPSA) is 112 Å². The van der Waals surface area contributed by atoms with E-state index in [0.717, 1.165) is 32.1 Å². The SMILES string of the molecule is COc1ccc(NC(=O)COc2ccc(C(=O)C(=O)NC3CCCCC3)cc2OC)cc1OC. The molecule has 9 heteroatoms. The molecule has 0 aromatic heterocycles. The van der Waals surface area contributed by atoms with Crippen LogP contribution in [0, 0.1) is 0 Å². The molecule has 0 heterocycles. The predicted octanol–water partition coefficient (Wildman–Crippen LogP) is 3.36. The molecule has 1 aliphatic carbocycles. The smallest absolute Gasteiger partial charge is 0.292 e. The molecule has 182 valence electrons. The van der Waals surface area contributed by atoms with Crippen molar-refractivity contribution in [2.24, 2.45) is 0 Å². The highest BCUT2D eigenvalue weighted by Gasteiger charge is 2.23. The predicted molar refractivity (Wildman–Crippen MR) is 126 cm³/mol. The highest BCUT2D eigenvalue weighted by atomic mass is 16.5. The van der Waals surface area contributed by atoms with Crippen LogP contribution in [0.4, 0.5) is 5.69 Å². The monoisotopic (exact) mass is 470 g/mol. The van der Waals surface area contributed by atoms with Gasteiger partial charge >= 0.3 is 0 Å². The average molecular weight is 471 g/mol. The Labute approximate surface area is 198 Å². The highest BCUT2D eigenvalue weighted by molar-refractivity contribution is 6.42. The maximum atomic E-state index is 12.6. The Morgan fingerprint density at radius 2 is 1.47 bits per heavy atom. The Balaban J connectivity index is 1.59. The third-order valence-electron chi connectivity index (χ3n) is 5.60. The second-order valence-corrected chi connectivity index (χ2v) is 7.91. The molecule has 0 radical (unpaired) electrons. The van der Waals surface area contributed by atoms with E-state index >= 15 is 0 Å². The van der Waals surface area contributed by atoms with Gasteiger partial charge in [-0.2, -0.15) is 0 Å². The molecular weight excluding hydrogens is 440 g/mol. The molecule has 2 N–H and O–H groups in total. The largest absolute Gasteiger partial charge is 0.493 e. The fourth-order valence-electron chi connectivity index (χ4n) is 3.81. The summed E-state index contributed by atoms with van der Waals surface area (Å²) >= 11 is 0. The van der Waals surface area contributed by atoms with Crippen LogP contribution in [0.2, 0.25) is 0 Å². The zero-order valence-corrected chi connectivity index (χ0v) is 19.6. The van der Waals surface area contributed by atoms with Crippen molar-refractivity contribution in [3.05, 3.63) is 42.0 Å². The van der Waals surface area contributed by atoms with E-state index in [1.165, 1.54) is 39.5 Å². The van der Waals surface area contributed by atoms with Gasteiger partial charge in [-0.15, -0.1) is 0 Å². The number of carbonyl (C=O) groups is 3. The zero-order chi connectivity index (χ0) is 24.5. The van der Waals surface area contributed by atoms with Crippen LogP contribution in [0.3, 0.4) is 0 Å². The van der Waals surface area contributed by atoms with Gasteiger partial charge in [0.2, 0.25) is 5.78 Å².